The number of nitro benzene ring substituents is 1. The van der Waals surface area contributed by atoms with Gasteiger partial charge >= 0.3 is 17.9 Å². The van der Waals surface area contributed by atoms with Crippen LogP contribution in [0.15, 0.2) is 48.0 Å². The Kier molecular flexibility index (Phi) is 5.73. The summed E-state index contributed by atoms with van der Waals surface area (Å²) in [6.07, 6.45) is 1.23. The Morgan fingerprint density at radius 3 is 2.32 bits per heavy atom. The van der Waals surface area contributed by atoms with E-state index in [1.165, 1.54) is 38.1 Å². The van der Waals surface area contributed by atoms with E-state index < -0.39 is 28.6 Å². The predicted molar refractivity (Wildman–Crippen MR) is 105 cm³/mol. The molecule has 160 valence electrons. The summed E-state index contributed by atoms with van der Waals surface area (Å²) in [5.74, 6) is -3.78. The maximum Gasteiger partial charge on any atom is 0.348 e. The van der Waals surface area contributed by atoms with Crippen LogP contribution in [0.4, 0.5) is 5.69 Å². The van der Waals surface area contributed by atoms with Gasteiger partial charge in [-0.15, -0.1) is 0 Å². The average molecular weight is 427 g/mol. The smallest absolute Gasteiger partial charge is 0.348 e. The largest absolute Gasteiger partial charge is 0.465 e. The molecule has 3 rings (SSSR count). The molecule has 0 unspecified atom stereocenters. The van der Waals surface area contributed by atoms with Crippen molar-refractivity contribution in [3.63, 3.8) is 0 Å². The lowest BCUT2D eigenvalue weighted by Gasteiger charge is -2.29. The Balaban J connectivity index is 2.01. The number of methoxy groups -OCH3 is 1. The lowest BCUT2D eigenvalue weighted by molar-refractivity contribution is -0.384. The van der Waals surface area contributed by atoms with Gasteiger partial charge in [-0.1, -0.05) is 18.2 Å². The molecule has 10 nitrogen and oxygen atoms in total. The van der Waals surface area contributed by atoms with Gasteiger partial charge in [0.1, 0.15) is 22.6 Å². The van der Waals surface area contributed by atoms with E-state index in [1.807, 2.05) is 0 Å². The summed E-state index contributed by atoms with van der Waals surface area (Å²) in [4.78, 5) is 46.9. The van der Waals surface area contributed by atoms with Crippen molar-refractivity contribution < 1.29 is 38.3 Å². The number of hydrogen-bond acceptors (Lipinski definition) is 9. The Morgan fingerprint density at radius 1 is 1.06 bits per heavy atom. The van der Waals surface area contributed by atoms with Gasteiger partial charge < -0.3 is 18.9 Å². The topological polar surface area (TPSA) is 131 Å². The zero-order valence-corrected chi connectivity index (χ0v) is 16.7. The van der Waals surface area contributed by atoms with Crippen LogP contribution in [0.2, 0.25) is 0 Å². The molecular weight excluding hydrogens is 410 g/mol. The molecule has 1 fully saturated rings. The third-order valence-electron chi connectivity index (χ3n) is 4.13. The molecule has 1 aliphatic rings. The Bertz CT molecular complexity index is 1100. The standard InChI is InChI=1S/C21H17NO9/c1-21(2)30-19(24)15(20(25)31-21)10-12-6-4-5-7-16(12)29-17-9-8-13(22(26)27)11-14(17)18(23)28-3/h4-11H,1-3H3. The van der Waals surface area contributed by atoms with Crippen LogP contribution in [-0.2, 0) is 23.8 Å². The fourth-order valence-corrected chi connectivity index (χ4v) is 2.74. The second-order valence-corrected chi connectivity index (χ2v) is 6.81. The summed E-state index contributed by atoms with van der Waals surface area (Å²) in [5.41, 5.74) is -0.525. The molecule has 0 aromatic heterocycles. The lowest BCUT2D eigenvalue weighted by atomic mass is 10.1. The molecule has 1 saturated heterocycles. The quantitative estimate of drug-likeness (QED) is 0.231. The second kappa shape index (κ2) is 8.27. The van der Waals surface area contributed by atoms with Crippen molar-refractivity contribution in [2.45, 2.75) is 19.6 Å². The molecule has 10 heteroatoms. The number of carbonyl (C=O) groups is 3. The molecule has 0 radical (unpaired) electrons. The molecule has 1 heterocycles. The summed E-state index contributed by atoms with van der Waals surface area (Å²) >= 11 is 0. The molecule has 0 bridgehead atoms. The number of ether oxygens (including phenoxy) is 4. The van der Waals surface area contributed by atoms with E-state index in [0.29, 0.717) is 5.56 Å². The highest BCUT2D eigenvalue weighted by Gasteiger charge is 2.39. The number of esters is 3. The number of nitrogens with zero attached hydrogens (tertiary/aromatic N) is 1. The van der Waals surface area contributed by atoms with Crippen molar-refractivity contribution in [2.24, 2.45) is 0 Å². The number of para-hydroxylation sites is 1. The molecule has 0 spiro atoms. The minimum atomic E-state index is -1.38. The van der Waals surface area contributed by atoms with Crippen LogP contribution in [0.25, 0.3) is 6.08 Å². The van der Waals surface area contributed by atoms with Gasteiger partial charge in [0.2, 0.25) is 0 Å². The van der Waals surface area contributed by atoms with Crippen LogP contribution in [0, 0.1) is 10.1 Å². The van der Waals surface area contributed by atoms with Crippen molar-refractivity contribution in [3.05, 3.63) is 69.3 Å². The zero-order chi connectivity index (χ0) is 22.8. The molecule has 1 aliphatic heterocycles. The van der Waals surface area contributed by atoms with E-state index in [1.54, 1.807) is 18.2 Å². The molecule has 0 atom stereocenters. The SMILES string of the molecule is COC(=O)c1cc([N+](=O)[O-])ccc1Oc1ccccc1C=C1C(=O)OC(C)(C)OC1=O. The highest BCUT2D eigenvalue weighted by atomic mass is 16.7. The van der Waals surface area contributed by atoms with Crippen molar-refractivity contribution in [2.75, 3.05) is 7.11 Å². The lowest BCUT2D eigenvalue weighted by Crippen LogP contribution is -2.41. The van der Waals surface area contributed by atoms with Gasteiger partial charge in [0.05, 0.1) is 12.0 Å². The van der Waals surface area contributed by atoms with Crippen LogP contribution in [-0.4, -0.2) is 35.7 Å². The van der Waals surface area contributed by atoms with Gasteiger partial charge in [-0.3, -0.25) is 10.1 Å². The van der Waals surface area contributed by atoms with Gasteiger partial charge in [0, 0.05) is 31.5 Å². The number of benzene rings is 2. The molecule has 0 aliphatic carbocycles. The Labute approximate surface area is 176 Å². The van der Waals surface area contributed by atoms with E-state index in [4.69, 9.17) is 14.2 Å². The predicted octanol–water partition coefficient (Wildman–Crippen LogP) is 3.39. The van der Waals surface area contributed by atoms with Crippen LogP contribution in [0.5, 0.6) is 11.5 Å². The zero-order valence-electron chi connectivity index (χ0n) is 16.7. The summed E-state index contributed by atoms with van der Waals surface area (Å²) < 4.78 is 20.6. The van der Waals surface area contributed by atoms with Crippen molar-refractivity contribution in [1.29, 1.82) is 0 Å². The average Bonchev–Trinajstić information content (AvgIpc) is 2.70. The van der Waals surface area contributed by atoms with E-state index in [2.05, 4.69) is 4.74 Å². The van der Waals surface area contributed by atoms with Gasteiger partial charge in [-0.25, -0.2) is 14.4 Å². The van der Waals surface area contributed by atoms with Gasteiger partial charge in [0.25, 0.3) is 11.5 Å². The molecule has 0 amide bonds. The number of non-ortho nitro benzene ring substituents is 1. The van der Waals surface area contributed by atoms with E-state index in [-0.39, 0.29) is 28.3 Å². The number of nitro groups is 1. The molecule has 2 aromatic rings. The van der Waals surface area contributed by atoms with Gasteiger partial charge in [-0.2, -0.15) is 0 Å². The molecule has 0 saturated carbocycles. The molecule has 31 heavy (non-hydrogen) atoms. The van der Waals surface area contributed by atoms with Crippen LogP contribution in [0.3, 0.4) is 0 Å². The first-order valence-corrected chi connectivity index (χ1v) is 8.93. The first kappa shape index (κ1) is 21.5. The van der Waals surface area contributed by atoms with Gasteiger partial charge in [-0.05, 0) is 18.2 Å². The highest BCUT2D eigenvalue weighted by molar-refractivity contribution is 6.19. The highest BCUT2D eigenvalue weighted by Crippen LogP contribution is 2.33. The Morgan fingerprint density at radius 2 is 1.71 bits per heavy atom. The van der Waals surface area contributed by atoms with Crippen LogP contribution >= 0.6 is 0 Å². The summed E-state index contributed by atoms with van der Waals surface area (Å²) in [6.45, 7) is 2.86. The fraction of sp³-hybridized carbons (Fsp3) is 0.190. The van der Waals surface area contributed by atoms with Crippen molar-refractivity contribution >= 4 is 29.7 Å². The number of carbonyl (C=O) groups excluding carboxylic acids is 3. The summed E-state index contributed by atoms with van der Waals surface area (Å²) in [5, 5.41) is 11.0. The van der Waals surface area contributed by atoms with Crippen molar-refractivity contribution in [1.82, 2.24) is 0 Å². The molecular formula is C21H17NO9. The van der Waals surface area contributed by atoms with E-state index in [0.717, 1.165) is 13.2 Å². The van der Waals surface area contributed by atoms with Crippen LogP contribution in [0.1, 0.15) is 29.8 Å². The first-order valence-electron chi connectivity index (χ1n) is 8.93. The molecule has 2 aromatic carbocycles. The minimum Gasteiger partial charge on any atom is -0.465 e. The fourth-order valence-electron chi connectivity index (χ4n) is 2.74. The number of cyclic esters (lactones) is 2. The number of rotatable bonds is 5. The van der Waals surface area contributed by atoms with Gasteiger partial charge in [0.15, 0.2) is 0 Å². The van der Waals surface area contributed by atoms with Crippen LogP contribution < -0.4 is 4.74 Å². The second-order valence-electron chi connectivity index (χ2n) is 6.81. The van der Waals surface area contributed by atoms with E-state index >= 15 is 0 Å². The summed E-state index contributed by atoms with van der Waals surface area (Å²) in [6, 6.07) is 9.80. The maximum absolute atomic E-state index is 12.2. The third kappa shape index (κ3) is 4.69. The van der Waals surface area contributed by atoms with Crippen molar-refractivity contribution in [3.8, 4) is 11.5 Å². The normalized spacial score (nSPS) is 14.9. The first-order chi connectivity index (χ1) is 14.6. The maximum atomic E-state index is 12.2. The number of hydrogen-bond donors (Lipinski definition) is 0. The summed E-state index contributed by atoms with van der Waals surface area (Å²) in [7, 11) is 1.13. The molecule has 0 N–H and O–H groups in total. The Hall–Kier alpha value is -4.21. The third-order valence-corrected chi connectivity index (χ3v) is 4.13. The minimum absolute atomic E-state index is 0.0155. The van der Waals surface area contributed by atoms with E-state index in [9.17, 15) is 24.5 Å². The monoisotopic (exact) mass is 427 g/mol.